The minimum atomic E-state index is 0.00500. The summed E-state index contributed by atoms with van der Waals surface area (Å²) in [6.45, 7) is 3.52. The number of carbonyl (C=O) groups is 1. The van der Waals surface area contributed by atoms with Crippen LogP contribution in [0, 0.1) is 0 Å². The van der Waals surface area contributed by atoms with E-state index in [0.717, 1.165) is 17.7 Å². The minimum Gasteiger partial charge on any atom is -0.497 e. The van der Waals surface area contributed by atoms with Gasteiger partial charge in [0.05, 0.1) is 7.11 Å². The Morgan fingerprint density at radius 3 is 2.87 bits per heavy atom. The van der Waals surface area contributed by atoms with Gasteiger partial charge >= 0.3 is 0 Å². The average Bonchev–Trinajstić information content (AvgIpc) is 2.16. The van der Waals surface area contributed by atoms with Crippen LogP contribution in [0.1, 0.15) is 19.4 Å². The van der Waals surface area contributed by atoms with Crippen molar-refractivity contribution in [3.63, 3.8) is 0 Å². The molecule has 0 heterocycles. The number of ether oxygens (including phenoxy) is 1. The van der Waals surface area contributed by atoms with Crippen molar-refractivity contribution in [2.75, 3.05) is 7.11 Å². The summed E-state index contributed by atoms with van der Waals surface area (Å²) in [5.74, 6) is 0.855. The molecule has 1 amide bonds. The molecule has 1 rings (SSSR count). The summed E-state index contributed by atoms with van der Waals surface area (Å²) in [7, 11) is 1.65. The number of hydrogen-bond acceptors (Lipinski definition) is 2. The zero-order valence-corrected chi connectivity index (χ0v) is 9.41. The lowest BCUT2D eigenvalue weighted by molar-refractivity contribution is -0.119. The molecule has 0 radical (unpaired) electrons. The maximum Gasteiger partial charge on any atom is 0.217 e. The zero-order chi connectivity index (χ0) is 11.3. The van der Waals surface area contributed by atoms with E-state index < -0.39 is 0 Å². The molecule has 0 aliphatic rings. The maximum atomic E-state index is 10.8. The Balaban J connectivity index is 2.59. The molecular formula is C12H17NO2. The predicted octanol–water partition coefficient (Wildman–Crippen LogP) is 1.76. The molecule has 0 bridgehead atoms. The Morgan fingerprint density at radius 1 is 1.53 bits per heavy atom. The highest BCUT2D eigenvalue weighted by Crippen LogP contribution is 2.13. The highest BCUT2D eigenvalue weighted by molar-refractivity contribution is 5.73. The average molecular weight is 207 g/mol. The maximum absolute atomic E-state index is 10.8. The van der Waals surface area contributed by atoms with Crippen LogP contribution in [0.15, 0.2) is 24.3 Å². The van der Waals surface area contributed by atoms with E-state index >= 15 is 0 Å². The van der Waals surface area contributed by atoms with Gasteiger partial charge in [0.15, 0.2) is 0 Å². The molecule has 0 spiro atoms. The molecule has 0 unspecified atom stereocenters. The molecule has 3 nitrogen and oxygen atoms in total. The van der Waals surface area contributed by atoms with Crippen molar-refractivity contribution in [3.8, 4) is 5.75 Å². The molecule has 1 aromatic rings. The van der Waals surface area contributed by atoms with Crippen LogP contribution in [0.3, 0.4) is 0 Å². The number of rotatable bonds is 4. The Labute approximate surface area is 90.4 Å². The van der Waals surface area contributed by atoms with Gasteiger partial charge in [-0.25, -0.2) is 0 Å². The third-order valence-corrected chi connectivity index (χ3v) is 2.13. The number of carbonyl (C=O) groups excluding carboxylic acids is 1. The van der Waals surface area contributed by atoms with Crippen LogP contribution >= 0.6 is 0 Å². The van der Waals surface area contributed by atoms with Gasteiger partial charge in [-0.3, -0.25) is 4.79 Å². The Hall–Kier alpha value is -1.51. The van der Waals surface area contributed by atoms with E-state index in [-0.39, 0.29) is 11.9 Å². The molecule has 0 aromatic heterocycles. The molecular weight excluding hydrogens is 190 g/mol. The molecule has 0 saturated carbocycles. The van der Waals surface area contributed by atoms with E-state index in [1.807, 2.05) is 31.2 Å². The van der Waals surface area contributed by atoms with E-state index in [0.29, 0.717) is 0 Å². The topological polar surface area (TPSA) is 38.3 Å². The summed E-state index contributed by atoms with van der Waals surface area (Å²) in [6.07, 6.45) is 0.816. The van der Waals surface area contributed by atoms with Crippen molar-refractivity contribution in [2.45, 2.75) is 26.3 Å². The second-order valence-electron chi connectivity index (χ2n) is 3.66. The SMILES string of the molecule is COc1cccc(C[C@@H](C)NC(C)=O)c1. The van der Waals surface area contributed by atoms with Gasteiger partial charge in [-0.1, -0.05) is 12.1 Å². The molecule has 1 N–H and O–H groups in total. The highest BCUT2D eigenvalue weighted by atomic mass is 16.5. The second kappa shape index (κ2) is 5.39. The second-order valence-corrected chi connectivity index (χ2v) is 3.66. The largest absolute Gasteiger partial charge is 0.497 e. The number of nitrogens with one attached hydrogen (secondary N) is 1. The Bertz CT molecular complexity index is 336. The number of hydrogen-bond donors (Lipinski definition) is 1. The van der Waals surface area contributed by atoms with E-state index in [4.69, 9.17) is 4.74 Å². The molecule has 0 fully saturated rings. The van der Waals surface area contributed by atoms with Gasteiger partial charge in [-0.15, -0.1) is 0 Å². The zero-order valence-electron chi connectivity index (χ0n) is 9.41. The highest BCUT2D eigenvalue weighted by Gasteiger charge is 2.05. The fraction of sp³-hybridized carbons (Fsp3) is 0.417. The molecule has 1 aromatic carbocycles. The lowest BCUT2D eigenvalue weighted by Crippen LogP contribution is -2.31. The third kappa shape index (κ3) is 4.02. The summed E-state index contributed by atoms with van der Waals surface area (Å²) in [4.78, 5) is 10.8. The number of amides is 1. The van der Waals surface area contributed by atoms with Crippen molar-refractivity contribution in [1.82, 2.24) is 5.32 Å². The van der Waals surface area contributed by atoms with Gasteiger partial charge < -0.3 is 10.1 Å². The smallest absolute Gasteiger partial charge is 0.217 e. The van der Waals surface area contributed by atoms with Crippen LogP contribution in [0.2, 0.25) is 0 Å². The first kappa shape index (κ1) is 11.6. The van der Waals surface area contributed by atoms with Crippen molar-refractivity contribution in [2.24, 2.45) is 0 Å². The van der Waals surface area contributed by atoms with Crippen LogP contribution in [-0.4, -0.2) is 19.1 Å². The molecule has 0 aliphatic heterocycles. The number of methoxy groups -OCH3 is 1. The van der Waals surface area contributed by atoms with Gasteiger partial charge in [0.1, 0.15) is 5.75 Å². The molecule has 0 saturated heterocycles. The fourth-order valence-electron chi connectivity index (χ4n) is 1.55. The Morgan fingerprint density at radius 2 is 2.27 bits per heavy atom. The Kier molecular flexibility index (Phi) is 4.16. The molecule has 3 heteroatoms. The summed E-state index contributed by atoms with van der Waals surface area (Å²) < 4.78 is 5.13. The van der Waals surface area contributed by atoms with Crippen molar-refractivity contribution >= 4 is 5.91 Å². The summed E-state index contributed by atoms with van der Waals surface area (Å²) in [6, 6.07) is 8.02. The standard InChI is InChI=1S/C12H17NO2/c1-9(13-10(2)14)7-11-5-4-6-12(8-11)15-3/h4-6,8-9H,7H2,1-3H3,(H,13,14)/t9-/m1/s1. The minimum absolute atomic E-state index is 0.00500. The molecule has 82 valence electrons. The van der Waals surface area contributed by atoms with E-state index in [1.54, 1.807) is 7.11 Å². The lowest BCUT2D eigenvalue weighted by Gasteiger charge is -2.12. The van der Waals surface area contributed by atoms with E-state index in [9.17, 15) is 4.79 Å². The van der Waals surface area contributed by atoms with Gasteiger partial charge in [0, 0.05) is 13.0 Å². The predicted molar refractivity (Wildman–Crippen MR) is 60.0 cm³/mol. The van der Waals surface area contributed by atoms with Gasteiger partial charge in [-0.05, 0) is 31.0 Å². The van der Waals surface area contributed by atoms with Crippen LogP contribution in [0.4, 0.5) is 0 Å². The van der Waals surface area contributed by atoms with E-state index in [1.165, 1.54) is 6.92 Å². The van der Waals surface area contributed by atoms with Crippen molar-refractivity contribution < 1.29 is 9.53 Å². The number of benzene rings is 1. The first-order valence-corrected chi connectivity index (χ1v) is 5.02. The van der Waals surface area contributed by atoms with Crippen molar-refractivity contribution in [1.29, 1.82) is 0 Å². The van der Waals surface area contributed by atoms with Crippen LogP contribution < -0.4 is 10.1 Å². The fourth-order valence-corrected chi connectivity index (χ4v) is 1.55. The van der Waals surface area contributed by atoms with Crippen molar-refractivity contribution in [3.05, 3.63) is 29.8 Å². The van der Waals surface area contributed by atoms with Gasteiger partial charge in [-0.2, -0.15) is 0 Å². The summed E-state index contributed by atoms with van der Waals surface area (Å²) in [5.41, 5.74) is 1.16. The van der Waals surface area contributed by atoms with Gasteiger partial charge in [0.25, 0.3) is 0 Å². The molecule has 15 heavy (non-hydrogen) atoms. The quantitative estimate of drug-likeness (QED) is 0.817. The van der Waals surface area contributed by atoms with Crippen LogP contribution in [0.25, 0.3) is 0 Å². The lowest BCUT2D eigenvalue weighted by atomic mass is 10.1. The molecule has 1 atom stereocenters. The molecule has 0 aliphatic carbocycles. The summed E-state index contributed by atoms with van der Waals surface area (Å²) in [5, 5.41) is 2.85. The third-order valence-electron chi connectivity index (χ3n) is 2.13. The van der Waals surface area contributed by atoms with E-state index in [2.05, 4.69) is 5.32 Å². The van der Waals surface area contributed by atoms with Gasteiger partial charge in [0.2, 0.25) is 5.91 Å². The first-order chi connectivity index (χ1) is 7.11. The normalized spacial score (nSPS) is 11.9. The van der Waals surface area contributed by atoms with Crippen LogP contribution in [0.5, 0.6) is 5.75 Å². The summed E-state index contributed by atoms with van der Waals surface area (Å²) >= 11 is 0. The monoisotopic (exact) mass is 207 g/mol. The first-order valence-electron chi connectivity index (χ1n) is 5.02. The van der Waals surface area contributed by atoms with Crippen LogP contribution in [-0.2, 0) is 11.2 Å².